The van der Waals surface area contributed by atoms with Crippen molar-refractivity contribution in [2.75, 3.05) is 29.5 Å². The van der Waals surface area contributed by atoms with Crippen LogP contribution in [0.5, 0.6) is 5.75 Å². The van der Waals surface area contributed by atoms with Crippen LogP contribution in [0.2, 0.25) is 0 Å². The number of anilines is 2. The summed E-state index contributed by atoms with van der Waals surface area (Å²) in [6.45, 7) is 1.61. The van der Waals surface area contributed by atoms with Crippen LogP contribution >= 0.6 is 11.3 Å². The van der Waals surface area contributed by atoms with E-state index in [2.05, 4.69) is 5.32 Å². The lowest BCUT2D eigenvalue weighted by molar-refractivity contribution is 0.103. The summed E-state index contributed by atoms with van der Waals surface area (Å²) in [4.78, 5) is 13.1. The summed E-state index contributed by atoms with van der Waals surface area (Å²) in [5, 5.41) is 3.68. The fourth-order valence-electron chi connectivity index (χ4n) is 2.59. The highest BCUT2D eigenvalue weighted by molar-refractivity contribution is 7.92. The molecule has 8 heteroatoms. The third-order valence-electron chi connectivity index (χ3n) is 4.20. The second-order valence-corrected chi connectivity index (χ2v) is 9.26. The van der Waals surface area contributed by atoms with Crippen molar-refractivity contribution in [2.24, 2.45) is 0 Å². The molecule has 142 valence electrons. The fraction of sp³-hybridized carbons (Fsp3) is 0.211. The molecule has 0 spiro atoms. The first kappa shape index (κ1) is 19.2. The summed E-state index contributed by atoms with van der Waals surface area (Å²) in [6.07, 6.45) is 0. The van der Waals surface area contributed by atoms with Gasteiger partial charge in [-0.1, -0.05) is 6.07 Å². The minimum atomic E-state index is -3.33. The predicted octanol–water partition coefficient (Wildman–Crippen LogP) is 3.95. The number of fused-ring (bicyclic) bond motifs is 1. The van der Waals surface area contributed by atoms with Gasteiger partial charge in [-0.05, 0) is 48.7 Å². The number of nitrogens with zero attached hydrogens (tertiary/aromatic N) is 1. The Morgan fingerprint density at radius 2 is 1.96 bits per heavy atom. The van der Waals surface area contributed by atoms with Gasteiger partial charge in [0.05, 0.1) is 23.4 Å². The van der Waals surface area contributed by atoms with Gasteiger partial charge in [0, 0.05) is 23.5 Å². The zero-order valence-electron chi connectivity index (χ0n) is 15.2. The van der Waals surface area contributed by atoms with E-state index in [-0.39, 0.29) is 11.7 Å². The molecule has 0 aliphatic carbocycles. The average molecular weight is 405 g/mol. The van der Waals surface area contributed by atoms with Gasteiger partial charge in [-0.25, -0.2) is 8.42 Å². The van der Waals surface area contributed by atoms with Crippen LogP contribution in [-0.2, 0) is 10.0 Å². The van der Waals surface area contributed by atoms with E-state index in [9.17, 15) is 13.2 Å². The van der Waals surface area contributed by atoms with Crippen molar-refractivity contribution in [3.05, 3.63) is 53.4 Å². The van der Waals surface area contributed by atoms with Crippen LogP contribution in [0.15, 0.2) is 48.5 Å². The molecule has 27 heavy (non-hydrogen) atoms. The molecule has 1 aromatic heterocycles. The van der Waals surface area contributed by atoms with Crippen molar-refractivity contribution < 1.29 is 17.9 Å². The number of sulfonamides is 1. The van der Waals surface area contributed by atoms with Gasteiger partial charge in [0.15, 0.2) is 0 Å². The Bertz CT molecular complexity index is 1090. The SMILES string of the molecule is CCS(=O)(=O)N(C)c1ccc2sc(C(=O)Nc3cccc(OC)c3)cc2c1. The van der Waals surface area contributed by atoms with Gasteiger partial charge in [-0.2, -0.15) is 0 Å². The number of methoxy groups -OCH3 is 1. The van der Waals surface area contributed by atoms with Crippen molar-refractivity contribution in [2.45, 2.75) is 6.92 Å². The Morgan fingerprint density at radius 1 is 1.19 bits per heavy atom. The number of hydrogen-bond acceptors (Lipinski definition) is 5. The number of amides is 1. The van der Waals surface area contributed by atoms with Crippen molar-refractivity contribution in [1.82, 2.24) is 0 Å². The zero-order valence-corrected chi connectivity index (χ0v) is 16.9. The second-order valence-electron chi connectivity index (χ2n) is 5.89. The van der Waals surface area contributed by atoms with Gasteiger partial charge in [-0.3, -0.25) is 9.10 Å². The van der Waals surface area contributed by atoms with Gasteiger partial charge >= 0.3 is 0 Å². The smallest absolute Gasteiger partial charge is 0.265 e. The maximum Gasteiger partial charge on any atom is 0.265 e. The number of thiophene rings is 1. The van der Waals surface area contributed by atoms with Crippen molar-refractivity contribution >= 4 is 48.7 Å². The van der Waals surface area contributed by atoms with Crippen LogP contribution in [0.1, 0.15) is 16.6 Å². The number of carbonyl (C=O) groups is 1. The number of rotatable bonds is 6. The normalized spacial score (nSPS) is 11.4. The summed E-state index contributed by atoms with van der Waals surface area (Å²) in [5.74, 6) is 0.466. The van der Waals surface area contributed by atoms with Crippen LogP contribution in [0, 0.1) is 0 Å². The Balaban J connectivity index is 1.86. The highest BCUT2D eigenvalue weighted by Crippen LogP contribution is 2.30. The Kier molecular flexibility index (Phi) is 5.38. The van der Waals surface area contributed by atoms with E-state index in [1.807, 2.05) is 6.07 Å². The lowest BCUT2D eigenvalue weighted by Gasteiger charge is -2.18. The standard InChI is InChI=1S/C19H20N2O4S2/c1-4-27(23,24)21(2)15-8-9-17-13(10-15)11-18(26-17)19(22)20-14-6-5-7-16(12-14)25-3/h5-12H,4H2,1-3H3,(H,20,22). The second kappa shape index (κ2) is 7.58. The van der Waals surface area contributed by atoms with E-state index in [0.717, 1.165) is 10.1 Å². The predicted molar refractivity (Wildman–Crippen MR) is 111 cm³/mol. The molecule has 1 amide bonds. The summed E-state index contributed by atoms with van der Waals surface area (Å²) in [7, 11) is -0.231. The average Bonchev–Trinajstić information content (AvgIpc) is 3.11. The first-order valence-electron chi connectivity index (χ1n) is 8.29. The van der Waals surface area contributed by atoms with Crippen molar-refractivity contribution in [3.8, 4) is 5.75 Å². The number of nitrogens with one attached hydrogen (secondary N) is 1. The largest absolute Gasteiger partial charge is 0.497 e. The molecule has 0 aliphatic heterocycles. The maximum absolute atomic E-state index is 12.6. The Labute approximate surface area is 162 Å². The maximum atomic E-state index is 12.6. The van der Waals surface area contributed by atoms with Gasteiger partial charge in [0.2, 0.25) is 10.0 Å². The minimum Gasteiger partial charge on any atom is -0.497 e. The minimum absolute atomic E-state index is 0.0272. The van der Waals surface area contributed by atoms with Crippen LogP contribution in [0.3, 0.4) is 0 Å². The van der Waals surface area contributed by atoms with Gasteiger partial charge in [0.1, 0.15) is 5.75 Å². The van der Waals surface area contributed by atoms with Crippen LogP contribution < -0.4 is 14.4 Å². The summed E-state index contributed by atoms with van der Waals surface area (Å²) in [5.41, 5.74) is 1.22. The van der Waals surface area contributed by atoms with E-state index in [1.165, 1.54) is 22.7 Å². The molecule has 0 radical (unpaired) electrons. The fourth-order valence-corrected chi connectivity index (χ4v) is 4.35. The monoisotopic (exact) mass is 404 g/mol. The van der Waals surface area contributed by atoms with Crippen molar-refractivity contribution in [3.63, 3.8) is 0 Å². The lowest BCUT2D eigenvalue weighted by atomic mass is 10.2. The van der Waals surface area contributed by atoms with Crippen LogP contribution in [-0.4, -0.2) is 34.2 Å². The molecule has 0 unspecified atom stereocenters. The molecule has 0 atom stereocenters. The van der Waals surface area contributed by atoms with E-state index >= 15 is 0 Å². The molecular weight excluding hydrogens is 384 g/mol. The van der Waals surface area contributed by atoms with E-state index in [4.69, 9.17) is 4.74 Å². The van der Waals surface area contributed by atoms with E-state index < -0.39 is 10.0 Å². The topological polar surface area (TPSA) is 75.7 Å². The lowest BCUT2D eigenvalue weighted by Crippen LogP contribution is -2.27. The molecule has 1 heterocycles. The number of hydrogen-bond donors (Lipinski definition) is 1. The summed E-state index contributed by atoms with van der Waals surface area (Å²) < 4.78 is 31.5. The van der Waals surface area contributed by atoms with Gasteiger partial charge in [-0.15, -0.1) is 11.3 Å². The number of ether oxygens (including phenoxy) is 1. The highest BCUT2D eigenvalue weighted by Gasteiger charge is 2.17. The Morgan fingerprint density at radius 3 is 2.67 bits per heavy atom. The highest BCUT2D eigenvalue weighted by atomic mass is 32.2. The van der Waals surface area contributed by atoms with E-state index in [1.54, 1.807) is 56.5 Å². The molecule has 1 N–H and O–H groups in total. The molecule has 0 saturated heterocycles. The molecular formula is C19H20N2O4S2. The van der Waals surface area contributed by atoms with E-state index in [0.29, 0.717) is 22.0 Å². The van der Waals surface area contributed by atoms with Crippen LogP contribution in [0.4, 0.5) is 11.4 Å². The summed E-state index contributed by atoms with van der Waals surface area (Å²) in [6, 6.07) is 14.3. The molecule has 0 bridgehead atoms. The molecule has 3 aromatic rings. The molecule has 3 rings (SSSR count). The molecule has 2 aromatic carbocycles. The van der Waals surface area contributed by atoms with Gasteiger partial charge in [0.25, 0.3) is 5.91 Å². The Hall–Kier alpha value is -2.58. The quantitative estimate of drug-likeness (QED) is 0.675. The first-order chi connectivity index (χ1) is 12.8. The number of carbonyl (C=O) groups excluding carboxylic acids is 1. The third kappa shape index (κ3) is 4.06. The van der Waals surface area contributed by atoms with Crippen LogP contribution in [0.25, 0.3) is 10.1 Å². The molecule has 0 fully saturated rings. The molecule has 0 saturated carbocycles. The zero-order chi connectivity index (χ0) is 19.6. The third-order valence-corrected chi connectivity index (χ3v) is 7.09. The number of benzene rings is 2. The van der Waals surface area contributed by atoms with Gasteiger partial charge < -0.3 is 10.1 Å². The summed E-state index contributed by atoms with van der Waals surface area (Å²) >= 11 is 1.36. The first-order valence-corrected chi connectivity index (χ1v) is 10.7. The molecule has 0 aliphatic rings. The van der Waals surface area contributed by atoms with Crippen molar-refractivity contribution in [1.29, 1.82) is 0 Å². The molecule has 6 nitrogen and oxygen atoms in total.